The highest BCUT2D eigenvalue weighted by atomic mass is 35.5. The molecule has 0 aliphatic carbocycles. The van der Waals surface area contributed by atoms with Gasteiger partial charge >= 0.3 is 0 Å². The maximum atomic E-state index is 12.3. The Labute approximate surface area is 142 Å². The SMILES string of the molecule is [NH]C(=O)[C@H](Cc1ccccn1)NC(=O)c1cc2cc(Cl)ccc2o1. The van der Waals surface area contributed by atoms with E-state index >= 15 is 0 Å². The number of nitrogens with zero attached hydrogens (tertiary/aromatic N) is 1. The van der Waals surface area contributed by atoms with Gasteiger partial charge in [-0.25, -0.2) is 0 Å². The van der Waals surface area contributed by atoms with E-state index in [1.807, 2.05) is 0 Å². The van der Waals surface area contributed by atoms with Crippen molar-refractivity contribution in [2.45, 2.75) is 12.5 Å². The van der Waals surface area contributed by atoms with Gasteiger partial charge in [0.2, 0.25) is 0 Å². The summed E-state index contributed by atoms with van der Waals surface area (Å²) in [5.74, 6) is -1.41. The number of amides is 2. The number of hydrogen-bond donors (Lipinski definition) is 1. The standard InChI is InChI=1S/C17H13ClN3O3/c18-11-4-5-14-10(7-11)8-15(24-14)17(23)21-13(16(19)22)9-12-3-1-2-6-20-12/h1-8,13,19H,9H2,(H,21,23)/t13-/m0/s1. The molecule has 0 bridgehead atoms. The summed E-state index contributed by atoms with van der Waals surface area (Å²) in [4.78, 5) is 27.9. The molecule has 2 N–H and O–H groups in total. The van der Waals surface area contributed by atoms with Crippen LogP contribution in [0.5, 0.6) is 0 Å². The number of fused-ring (bicyclic) bond motifs is 1. The Morgan fingerprint density at radius 3 is 2.79 bits per heavy atom. The zero-order valence-corrected chi connectivity index (χ0v) is 13.2. The van der Waals surface area contributed by atoms with Crippen LogP contribution < -0.4 is 11.1 Å². The summed E-state index contributed by atoms with van der Waals surface area (Å²) in [5, 5.41) is 3.73. The number of nitrogens with one attached hydrogen (secondary N) is 2. The smallest absolute Gasteiger partial charge is 0.287 e. The molecular formula is C17H13ClN3O3. The van der Waals surface area contributed by atoms with Crippen molar-refractivity contribution in [2.24, 2.45) is 0 Å². The van der Waals surface area contributed by atoms with Gasteiger partial charge in [-0.2, -0.15) is 0 Å². The molecule has 2 heterocycles. The van der Waals surface area contributed by atoms with Crippen molar-refractivity contribution in [1.82, 2.24) is 16.0 Å². The van der Waals surface area contributed by atoms with Crippen LogP contribution in [0.25, 0.3) is 11.0 Å². The van der Waals surface area contributed by atoms with Crippen LogP contribution in [0.4, 0.5) is 0 Å². The fourth-order valence-electron chi connectivity index (χ4n) is 2.29. The maximum absolute atomic E-state index is 12.3. The highest BCUT2D eigenvalue weighted by molar-refractivity contribution is 6.31. The van der Waals surface area contributed by atoms with E-state index in [-0.39, 0.29) is 12.2 Å². The minimum Gasteiger partial charge on any atom is -0.451 e. The third kappa shape index (κ3) is 3.55. The zero-order chi connectivity index (χ0) is 17.1. The number of aromatic nitrogens is 1. The van der Waals surface area contributed by atoms with Gasteiger partial charge in [0.25, 0.3) is 11.8 Å². The second kappa shape index (κ2) is 6.72. The fraction of sp³-hybridized carbons (Fsp3) is 0.118. The first-order valence-electron chi connectivity index (χ1n) is 7.18. The van der Waals surface area contributed by atoms with E-state index < -0.39 is 17.9 Å². The van der Waals surface area contributed by atoms with Gasteiger partial charge in [-0.1, -0.05) is 17.7 Å². The first kappa shape index (κ1) is 16.0. The number of pyridine rings is 1. The van der Waals surface area contributed by atoms with Crippen LogP contribution in [-0.2, 0) is 11.2 Å². The molecule has 3 rings (SSSR count). The van der Waals surface area contributed by atoms with Crippen molar-refractivity contribution in [3.8, 4) is 0 Å². The van der Waals surface area contributed by atoms with Crippen molar-refractivity contribution in [2.75, 3.05) is 0 Å². The lowest BCUT2D eigenvalue weighted by atomic mass is 10.1. The Morgan fingerprint density at radius 1 is 1.25 bits per heavy atom. The molecule has 0 unspecified atom stereocenters. The molecule has 0 fully saturated rings. The van der Waals surface area contributed by atoms with Crippen molar-refractivity contribution in [3.05, 3.63) is 65.1 Å². The summed E-state index contributed by atoms with van der Waals surface area (Å²) in [6, 6.07) is 10.8. The van der Waals surface area contributed by atoms with Gasteiger partial charge < -0.3 is 9.73 Å². The Balaban J connectivity index is 1.78. The summed E-state index contributed by atoms with van der Waals surface area (Å²) in [5.41, 5.74) is 8.47. The van der Waals surface area contributed by atoms with E-state index in [1.54, 1.807) is 48.7 Å². The molecule has 3 aromatic rings. The molecule has 7 heteroatoms. The van der Waals surface area contributed by atoms with Crippen molar-refractivity contribution in [3.63, 3.8) is 0 Å². The second-order valence-electron chi connectivity index (χ2n) is 5.21. The minimum atomic E-state index is -0.996. The highest BCUT2D eigenvalue weighted by Crippen LogP contribution is 2.23. The average molecular weight is 343 g/mol. The molecule has 121 valence electrons. The lowest BCUT2D eigenvalue weighted by Gasteiger charge is -2.13. The monoisotopic (exact) mass is 342 g/mol. The second-order valence-corrected chi connectivity index (χ2v) is 5.64. The van der Waals surface area contributed by atoms with Crippen LogP contribution in [0.2, 0.25) is 5.02 Å². The third-order valence-corrected chi connectivity index (χ3v) is 3.70. The van der Waals surface area contributed by atoms with E-state index in [2.05, 4.69) is 10.3 Å². The van der Waals surface area contributed by atoms with Crippen molar-refractivity contribution < 1.29 is 14.0 Å². The summed E-state index contributed by atoms with van der Waals surface area (Å²) < 4.78 is 5.46. The molecule has 0 aliphatic rings. The zero-order valence-electron chi connectivity index (χ0n) is 12.5. The molecule has 1 radical (unpaired) electrons. The van der Waals surface area contributed by atoms with Crippen LogP contribution in [0.3, 0.4) is 0 Å². The van der Waals surface area contributed by atoms with Gasteiger partial charge in [0.15, 0.2) is 5.76 Å². The Morgan fingerprint density at radius 2 is 2.08 bits per heavy atom. The van der Waals surface area contributed by atoms with Crippen LogP contribution in [-0.4, -0.2) is 22.8 Å². The van der Waals surface area contributed by atoms with Crippen LogP contribution >= 0.6 is 11.6 Å². The molecule has 1 atom stereocenters. The maximum Gasteiger partial charge on any atom is 0.287 e. The molecule has 6 nitrogen and oxygen atoms in total. The average Bonchev–Trinajstić information content (AvgIpc) is 2.98. The van der Waals surface area contributed by atoms with Gasteiger partial charge in [0.1, 0.15) is 11.6 Å². The molecule has 1 aromatic carbocycles. The van der Waals surface area contributed by atoms with Crippen LogP contribution in [0, 0.1) is 0 Å². The largest absolute Gasteiger partial charge is 0.451 e. The predicted molar refractivity (Wildman–Crippen MR) is 88.5 cm³/mol. The van der Waals surface area contributed by atoms with Gasteiger partial charge in [-0.15, -0.1) is 0 Å². The number of halogens is 1. The first-order chi connectivity index (χ1) is 11.5. The minimum absolute atomic E-state index is 0.0551. The summed E-state index contributed by atoms with van der Waals surface area (Å²) in [6.07, 6.45) is 1.73. The third-order valence-electron chi connectivity index (χ3n) is 3.46. The molecule has 0 saturated heterocycles. The molecule has 0 aliphatic heterocycles. The number of rotatable bonds is 5. The number of benzene rings is 1. The Bertz CT molecular complexity index is 892. The quantitative estimate of drug-likeness (QED) is 0.770. The normalized spacial score (nSPS) is 12.0. The number of furan rings is 1. The molecule has 2 aromatic heterocycles. The molecular weight excluding hydrogens is 330 g/mol. The van der Waals surface area contributed by atoms with Gasteiger partial charge in [-0.05, 0) is 36.4 Å². The van der Waals surface area contributed by atoms with E-state index in [9.17, 15) is 9.59 Å². The number of carbonyl (C=O) groups is 2. The van der Waals surface area contributed by atoms with E-state index in [0.717, 1.165) is 0 Å². The summed E-state index contributed by atoms with van der Waals surface area (Å²) >= 11 is 5.91. The van der Waals surface area contributed by atoms with Gasteiger partial charge in [0.05, 0.1) is 0 Å². The van der Waals surface area contributed by atoms with Crippen LogP contribution in [0.1, 0.15) is 16.2 Å². The lowest BCUT2D eigenvalue weighted by molar-refractivity contribution is -0.120. The summed E-state index contributed by atoms with van der Waals surface area (Å²) in [6.45, 7) is 0. The van der Waals surface area contributed by atoms with Crippen molar-refractivity contribution >= 4 is 34.4 Å². The lowest BCUT2D eigenvalue weighted by Crippen LogP contribution is -2.43. The first-order valence-corrected chi connectivity index (χ1v) is 7.56. The van der Waals surface area contributed by atoms with Crippen LogP contribution in [0.15, 0.2) is 53.1 Å². The topological polar surface area (TPSA) is 96.0 Å². The highest BCUT2D eigenvalue weighted by Gasteiger charge is 2.22. The van der Waals surface area contributed by atoms with E-state index in [0.29, 0.717) is 21.7 Å². The van der Waals surface area contributed by atoms with E-state index in [4.69, 9.17) is 21.8 Å². The molecule has 2 amide bonds. The van der Waals surface area contributed by atoms with Gasteiger partial charge in [-0.3, -0.25) is 20.3 Å². The molecule has 24 heavy (non-hydrogen) atoms. The molecule has 0 spiro atoms. The number of carbonyl (C=O) groups excluding carboxylic acids is 2. The van der Waals surface area contributed by atoms with Gasteiger partial charge in [0, 0.05) is 28.7 Å². The predicted octanol–water partition coefficient (Wildman–Crippen LogP) is 2.63. The Kier molecular flexibility index (Phi) is 4.48. The van der Waals surface area contributed by atoms with Crippen molar-refractivity contribution in [1.29, 1.82) is 0 Å². The number of hydrogen-bond acceptors (Lipinski definition) is 4. The molecule has 0 saturated carbocycles. The van der Waals surface area contributed by atoms with E-state index in [1.165, 1.54) is 0 Å². The fourth-order valence-corrected chi connectivity index (χ4v) is 2.47. The summed E-state index contributed by atoms with van der Waals surface area (Å²) in [7, 11) is 0. The Hall–Kier alpha value is -2.86.